The van der Waals surface area contributed by atoms with Crippen molar-refractivity contribution >= 4 is 6.29 Å². The van der Waals surface area contributed by atoms with E-state index in [1.165, 1.54) is 0 Å². The van der Waals surface area contributed by atoms with Crippen LogP contribution in [0.2, 0.25) is 0 Å². The van der Waals surface area contributed by atoms with E-state index in [9.17, 15) is 9.90 Å². The van der Waals surface area contributed by atoms with E-state index in [4.69, 9.17) is 18.9 Å². The van der Waals surface area contributed by atoms with Crippen LogP contribution in [0.5, 0.6) is 0 Å². The van der Waals surface area contributed by atoms with Gasteiger partial charge in [0.2, 0.25) is 0 Å². The Balaban J connectivity index is 2.17. The summed E-state index contributed by atoms with van der Waals surface area (Å²) >= 11 is 0. The van der Waals surface area contributed by atoms with E-state index < -0.39 is 36.0 Å². The number of aldehydes is 1. The molecule has 2 aliphatic heterocycles. The predicted octanol–water partition coefficient (Wildman–Crippen LogP) is 0.218. The predicted molar refractivity (Wildman–Crippen MR) is 60.8 cm³/mol. The second-order valence-electron chi connectivity index (χ2n) is 5.52. The maximum Gasteiger partial charge on any atom is 0.164 e. The number of aliphatic hydroxyl groups excluding tert-OH is 1. The Morgan fingerprint density at radius 1 is 1.00 bits per heavy atom. The van der Waals surface area contributed by atoms with Crippen molar-refractivity contribution in [2.45, 2.75) is 63.7 Å². The fourth-order valence-electron chi connectivity index (χ4n) is 2.46. The lowest BCUT2D eigenvalue weighted by atomic mass is 10.0. The second-order valence-corrected chi connectivity index (χ2v) is 5.52. The van der Waals surface area contributed by atoms with Crippen LogP contribution in [-0.2, 0) is 23.7 Å². The molecule has 0 unspecified atom stereocenters. The van der Waals surface area contributed by atoms with E-state index in [2.05, 4.69) is 0 Å². The molecule has 6 heteroatoms. The van der Waals surface area contributed by atoms with Crippen LogP contribution in [0.4, 0.5) is 0 Å². The van der Waals surface area contributed by atoms with E-state index in [1.54, 1.807) is 27.7 Å². The first-order valence-corrected chi connectivity index (χ1v) is 6.05. The van der Waals surface area contributed by atoms with E-state index in [0.717, 1.165) is 0 Å². The van der Waals surface area contributed by atoms with Crippen molar-refractivity contribution in [2.75, 3.05) is 6.61 Å². The van der Waals surface area contributed by atoms with Gasteiger partial charge in [0, 0.05) is 0 Å². The van der Waals surface area contributed by atoms with Gasteiger partial charge in [-0.3, -0.25) is 0 Å². The molecule has 2 fully saturated rings. The molecule has 0 aromatic rings. The first-order chi connectivity index (χ1) is 8.28. The fraction of sp³-hybridized carbons (Fsp3) is 0.917. The molecule has 104 valence electrons. The minimum absolute atomic E-state index is 0.194. The van der Waals surface area contributed by atoms with Crippen LogP contribution in [0.1, 0.15) is 27.7 Å². The van der Waals surface area contributed by atoms with Gasteiger partial charge in [0.15, 0.2) is 17.9 Å². The van der Waals surface area contributed by atoms with Gasteiger partial charge in [0.05, 0.1) is 6.61 Å². The van der Waals surface area contributed by atoms with E-state index in [1.807, 2.05) is 0 Å². The minimum atomic E-state index is -0.841. The molecule has 0 radical (unpaired) electrons. The van der Waals surface area contributed by atoms with Crippen molar-refractivity contribution in [1.29, 1.82) is 0 Å². The highest BCUT2D eigenvalue weighted by Gasteiger charge is 2.53. The average Bonchev–Trinajstić information content (AvgIpc) is 2.74. The molecule has 0 aliphatic carbocycles. The number of aliphatic hydroxyl groups is 1. The summed E-state index contributed by atoms with van der Waals surface area (Å²) in [6.45, 7) is 6.79. The summed E-state index contributed by atoms with van der Waals surface area (Å²) in [6, 6.07) is 0. The molecule has 2 rings (SSSR count). The number of carbonyl (C=O) groups excluding carboxylic acids is 1. The third-order valence-electron chi connectivity index (χ3n) is 3.02. The summed E-state index contributed by atoms with van der Waals surface area (Å²) in [5.74, 6) is -1.64. The number of ether oxygens (including phenoxy) is 4. The molecular formula is C12H20O6. The molecule has 18 heavy (non-hydrogen) atoms. The molecule has 0 bridgehead atoms. The lowest BCUT2D eigenvalue weighted by Crippen LogP contribution is -2.43. The highest BCUT2D eigenvalue weighted by molar-refractivity contribution is 5.58. The smallest absolute Gasteiger partial charge is 0.164 e. The zero-order valence-electron chi connectivity index (χ0n) is 11.1. The molecule has 2 heterocycles. The highest BCUT2D eigenvalue weighted by atomic mass is 16.8. The van der Waals surface area contributed by atoms with Crippen molar-refractivity contribution in [3.8, 4) is 0 Å². The number of rotatable bonds is 3. The summed E-state index contributed by atoms with van der Waals surface area (Å²) in [4.78, 5) is 11.1. The first-order valence-electron chi connectivity index (χ1n) is 6.05. The molecule has 0 aromatic carbocycles. The largest absolute Gasteiger partial charge is 0.394 e. The van der Waals surface area contributed by atoms with Crippen molar-refractivity contribution in [3.05, 3.63) is 0 Å². The van der Waals surface area contributed by atoms with Crippen molar-refractivity contribution in [1.82, 2.24) is 0 Å². The normalized spacial score (nSPS) is 42.1. The van der Waals surface area contributed by atoms with Gasteiger partial charge in [0.1, 0.15) is 24.4 Å². The monoisotopic (exact) mass is 260 g/mol. The minimum Gasteiger partial charge on any atom is -0.394 e. The fourth-order valence-corrected chi connectivity index (χ4v) is 2.46. The maximum absolute atomic E-state index is 11.1. The third-order valence-corrected chi connectivity index (χ3v) is 3.02. The molecule has 0 aromatic heterocycles. The maximum atomic E-state index is 11.1. The Bertz CT molecular complexity index is 327. The molecule has 6 nitrogen and oxygen atoms in total. The molecule has 1 N–H and O–H groups in total. The summed E-state index contributed by atoms with van der Waals surface area (Å²) in [5.41, 5.74) is 0. The van der Waals surface area contributed by atoms with Gasteiger partial charge >= 0.3 is 0 Å². The average molecular weight is 260 g/mol. The molecule has 4 atom stereocenters. The van der Waals surface area contributed by atoms with Gasteiger partial charge in [-0.1, -0.05) is 0 Å². The van der Waals surface area contributed by atoms with Crippen LogP contribution in [0, 0.1) is 0 Å². The standard InChI is InChI=1S/C12H20O6/c1-11(2)15-7(5-13)9(17-11)10-8(6-14)16-12(3,4)18-10/h5,7-10,14H,6H2,1-4H3/t7-,8+,9+,10+/m1/s1. The lowest BCUT2D eigenvalue weighted by Gasteiger charge is -2.24. The van der Waals surface area contributed by atoms with Crippen LogP contribution in [0.3, 0.4) is 0 Å². The Morgan fingerprint density at radius 2 is 1.56 bits per heavy atom. The third kappa shape index (κ3) is 2.57. The topological polar surface area (TPSA) is 74.2 Å². The van der Waals surface area contributed by atoms with Gasteiger partial charge in [-0.25, -0.2) is 0 Å². The summed E-state index contributed by atoms with van der Waals surface area (Å²) in [5, 5.41) is 9.33. The Hall–Kier alpha value is -0.530. The van der Waals surface area contributed by atoms with Gasteiger partial charge in [-0.2, -0.15) is 0 Å². The van der Waals surface area contributed by atoms with Gasteiger partial charge < -0.3 is 28.8 Å². The molecule has 2 saturated heterocycles. The van der Waals surface area contributed by atoms with Crippen LogP contribution in [0.25, 0.3) is 0 Å². The second kappa shape index (κ2) is 4.54. The van der Waals surface area contributed by atoms with Crippen LogP contribution < -0.4 is 0 Å². The van der Waals surface area contributed by atoms with Crippen molar-refractivity contribution < 1.29 is 28.8 Å². The van der Waals surface area contributed by atoms with E-state index >= 15 is 0 Å². The summed E-state index contributed by atoms with van der Waals surface area (Å²) in [7, 11) is 0. The first kappa shape index (κ1) is 13.9. The Labute approximate surface area is 106 Å². The zero-order chi connectivity index (χ0) is 13.6. The zero-order valence-corrected chi connectivity index (χ0v) is 11.1. The van der Waals surface area contributed by atoms with E-state index in [-0.39, 0.29) is 6.61 Å². The van der Waals surface area contributed by atoms with Gasteiger partial charge in [0.25, 0.3) is 0 Å². The SMILES string of the molecule is CC1(C)O[C@H]([C@H]2OC(C)(C)O[C@@H]2C=O)[C@H](CO)O1. The van der Waals surface area contributed by atoms with E-state index in [0.29, 0.717) is 6.29 Å². The van der Waals surface area contributed by atoms with Gasteiger partial charge in [-0.15, -0.1) is 0 Å². The lowest BCUT2D eigenvalue weighted by molar-refractivity contribution is -0.175. The molecule has 0 saturated carbocycles. The van der Waals surface area contributed by atoms with Crippen LogP contribution in [-0.4, -0.2) is 54.0 Å². The number of hydrogen-bond donors (Lipinski definition) is 1. The quantitative estimate of drug-likeness (QED) is 0.732. The molecule has 2 aliphatic rings. The number of hydrogen-bond acceptors (Lipinski definition) is 6. The van der Waals surface area contributed by atoms with Gasteiger partial charge in [-0.05, 0) is 27.7 Å². The van der Waals surface area contributed by atoms with Crippen LogP contribution in [0.15, 0.2) is 0 Å². The van der Waals surface area contributed by atoms with Crippen LogP contribution >= 0.6 is 0 Å². The molecule has 0 spiro atoms. The number of carbonyl (C=O) groups is 1. The summed E-state index contributed by atoms with van der Waals surface area (Å²) < 4.78 is 22.4. The van der Waals surface area contributed by atoms with Crippen molar-refractivity contribution in [2.24, 2.45) is 0 Å². The van der Waals surface area contributed by atoms with Crippen molar-refractivity contribution in [3.63, 3.8) is 0 Å². The Morgan fingerprint density at radius 3 is 2.11 bits per heavy atom. The molecule has 0 amide bonds. The highest BCUT2D eigenvalue weighted by Crippen LogP contribution is 2.37. The Kier molecular flexibility index (Phi) is 3.50. The summed E-state index contributed by atoms with van der Waals surface area (Å²) in [6.07, 6.45) is -1.64. The molecular weight excluding hydrogens is 240 g/mol.